The number of aromatic nitrogens is 1. The lowest BCUT2D eigenvalue weighted by Gasteiger charge is -2.09. The predicted octanol–water partition coefficient (Wildman–Crippen LogP) is 3.36. The third kappa shape index (κ3) is 2.13. The number of pyridine rings is 1. The molecule has 0 bridgehead atoms. The van der Waals surface area contributed by atoms with E-state index < -0.39 is 5.97 Å². The molecule has 3 nitrogen and oxygen atoms in total. The van der Waals surface area contributed by atoms with Gasteiger partial charge < -0.3 is 5.11 Å². The standard InChI is InChI=1S/C14H15NO2/c1-8(2)10-4-5-12-11(7-10)9(3)6-13(15-12)14(16)17/h4-8H,1-3H3,(H,16,17). The summed E-state index contributed by atoms with van der Waals surface area (Å²) >= 11 is 0. The quantitative estimate of drug-likeness (QED) is 0.859. The largest absolute Gasteiger partial charge is 0.477 e. The molecule has 0 aliphatic heterocycles. The fourth-order valence-corrected chi connectivity index (χ4v) is 1.88. The van der Waals surface area contributed by atoms with Crippen LogP contribution in [-0.4, -0.2) is 16.1 Å². The SMILES string of the molecule is Cc1cc(C(=O)O)nc2ccc(C(C)C)cc12. The van der Waals surface area contributed by atoms with E-state index in [0.29, 0.717) is 5.92 Å². The molecule has 0 radical (unpaired) electrons. The monoisotopic (exact) mass is 229 g/mol. The van der Waals surface area contributed by atoms with E-state index in [1.165, 1.54) is 5.56 Å². The van der Waals surface area contributed by atoms with Gasteiger partial charge in [0.05, 0.1) is 5.52 Å². The van der Waals surface area contributed by atoms with Gasteiger partial charge in [0.1, 0.15) is 5.69 Å². The van der Waals surface area contributed by atoms with E-state index in [2.05, 4.69) is 24.9 Å². The number of fused-ring (bicyclic) bond motifs is 1. The van der Waals surface area contributed by atoms with Crippen molar-refractivity contribution in [2.45, 2.75) is 26.7 Å². The van der Waals surface area contributed by atoms with E-state index in [1.54, 1.807) is 6.07 Å². The van der Waals surface area contributed by atoms with Crippen LogP contribution in [0.15, 0.2) is 24.3 Å². The predicted molar refractivity (Wildman–Crippen MR) is 67.5 cm³/mol. The van der Waals surface area contributed by atoms with Crippen LogP contribution >= 0.6 is 0 Å². The second-order valence-electron chi connectivity index (χ2n) is 4.56. The summed E-state index contributed by atoms with van der Waals surface area (Å²) in [6.45, 7) is 6.19. The van der Waals surface area contributed by atoms with Crippen LogP contribution in [0.2, 0.25) is 0 Å². The molecule has 0 unspecified atom stereocenters. The number of hydrogen-bond acceptors (Lipinski definition) is 2. The maximum atomic E-state index is 10.9. The van der Waals surface area contributed by atoms with Crippen LogP contribution in [0, 0.1) is 6.92 Å². The van der Waals surface area contributed by atoms with Crippen molar-refractivity contribution in [2.75, 3.05) is 0 Å². The highest BCUT2D eigenvalue weighted by molar-refractivity contribution is 5.91. The minimum absolute atomic E-state index is 0.104. The molecule has 88 valence electrons. The number of carboxylic acid groups (broad SMARTS) is 1. The molecule has 0 fully saturated rings. The summed E-state index contributed by atoms with van der Waals surface area (Å²) in [5, 5.41) is 9.98. The maximum absolute atomic E-state index is 10.9. The number of aryl methyl sites for hydroxylation is 1. The number of hydrogen-bond donors (Lipinski definition) is 1. The van der Waals surface area contributed by atoms with Crippen molar-refractivity contribution in [2.24, 2.45) is 0 Å². The third-order valence-electron chi connectivity index (χ3n) is 2.93. The Bertz CT molecular complexity index is 588. The van der Waals surface area contributed by atoms with Gasteiger partial charge in [0, 0.05) is 5.39 Å². The van der Waals surface area contributed by atoms with E-state index in [4.69, 9.17) is 5.11 Å². The van der Waals surface area contributed by atoms with Gasteiger partial charge in [-0.1, -0.05) is 19.9 Å². The van der Waals surface area contributed by atoms with Crippen molar-refractivity contribution in [3.8, 4) is 0 Å². The van der Waals surface area contributed by atoms with Crippen LogP contribution < -0.4 is 0 Å². The molecule has 1 aromatic heterocycles. The van der Waals surface area contributed by atoms with Crippen LogP contribution in [0.1, 0.15) is 41.4 Å². The molecule has 17 heavy (non-hydrogen) atoms. The summed E-state index contributed by atoms with van der Waals surface area (Å²) in [5.41, 5.74) is 3.04. The number of carboxylic acids is 1. The smallest absolute Gasteiger partial charge is 0.354 e. The Morgan fingerprint density at radius 1 is 1.29 bits per heavy atom. The zero-order chi connectivity index (χ0) is 12.6. The van der Waals surface area contributed by atoms with Gasteiger partial charge in [-0.3, -0.25) is 0 Å². The van der Waals surface area contributed by atoms with Crippen LogP contribution in [-0.2, 0) is 0 Å². The molecular formula is C14H15NO2. The first kappa shape index (κ1) is 11.6. The summed E-state index contributed by atoms with van der Waals surface area (Å²) < 4.78 is 0. The van der Waals surface area contributed by atoms with Crippen molar-refractivity contribution < 1.29 is 9.90 Å². The van der Waals surface area contributed by atoms with Gasteiger partial charge in [-0.25, -0.2) is 9.78 Å². The first-order valence-corrected chi connectivity index (χ1v) is 5.63. The van der Waals surface area contributed by atoms with Gasteiger partial charge in [0.15, 0.2) is 0 Å². The lowest BCUT2D eigenvalue weighted by Crippen LogP contribution is -2.01. The molecule has 2 rings (SSSR count). The van der Waals surface area contributed by atoms with Crippen molar-refractivity contribution in [1.29, 1.82) is 0 Å². The summed E-state index contributed by atoms with van der Waals surface area (Å²) in [7, 11) is 0. The minimum Gasteiger partial charge on any atom is -0.477 e. The zero-order valence-electron chi connectivity index (χ0n) is 10.2. The number of aromatic carboxylic acids is 1. The van der Waals surface area contributed by atoms with Crippen molar-refractivity contribution >= 4 is 16.9 Å². The summed E-state index contributed by atoms with van der Waals surface area (Å²) in [5.74, 6) is -0.527. The highest BCUT2D eigenvalue weighted by Gasteiger charge is 2.09. The van der Waals surface area contributed by atoms with Crippen molar-refractivity contribution in [3.63, 3.8) is 0 Å². The number of benzene rings is 1. The molecule has 1 aromatic carbocycles. The molecule has 0 amide bonds. The Balaban J connectivity index is 2.68. The Morgan fingerprint density at radius 3 is 2.59 bits per heavy atom. The molecule has 3 heteroatoms. The van der Waals surface area contributed by atoms with Crippen molar-refractivity contribution in [1.82, 2.24) is 4.98 Å². The fraction of sp³-hybridized carbons (Fsp3) is 0.286. The first-order valence-electron chi connectivity index (χ1n) is 5.63. The molecule has 0 saturated heterocycles. The molecular weight excluding hydrogens is 214 g/mol. The Kier molecular flexibility index (Phi) is 2.84. The molecule has 2 aromatic rings. The molecule has 0 aliphatic carbocycles. The Labute approximate surface area is 100 Å². The Morgan fingerprint density at radius 2 is 2.00 bits per heavy atom. The molecule has 0 aliphatic rings. The van der Waals surface area contributed by atoms with Crippen molar-refractivity contribution in [3.05, 3.63) is 41.1 Å². The van der Waals surface area contributed by atoms with E-state index >= 15 is 0 Å². The van der Waals surface area contributed by atoms with E-state index in [-0.39, 0.29) is 5.69 Å². The number of carbonyl (C=O) groups is 1. The summed E-state index contributed by atoms with van der Waals surface area (Å²) in [6, 6.07) is 7.61. The number of nitrogens with zero attached hydrogens (tertiary/aromatic N) is 1. The van der Waals surface area contributed by atoms with E-state index in [0.717, 1.165) is 16.5 Å². The van der Waals surface area contributed by atoms with Crippen LogP contribution in [0.25, 0.3) is 10.9 Å². The fourth-order valence-electron chi connectivity index (χ4n) is 1.88. The first-order chi connectivity index (χ1) is 7.99. The van der Waals surface area contributed by atoms with Gasteiger partial charge in [-0.05, 0) is 42.2 Å². The lowest BCUT2D eigenvalue weighted by molar-refractivity contribution is 0.0691. The van der Waals surface area contributed by atoms with Gasteiger partial charge in [0.2, 0.25) is 0 Å². The van der Waals surface area contributed by atoms with Crippen LogP contribution in [0.3, 0.4) is 0 Å². The van der Waals surface area contributed by atoms with E-state index in [1.807, 2.05) is 19.1 Å². The lowest BCUT2D eigenvalue weighted by atomic mass is 9.99. The molecule has 1 N–H and O–H groups in total. The van der Waals surface area contributed by atoms with Gasteiger partial charge in [-0.15, -0.1) is 0 Å². The second-order valence-corrected chi connectivity index (χ2v) is 4.56. The van der Waals surface area contributed by atoms with Gasteiger partial charge in [-0.2, -0.15) is 0 Å². The van der Waals surface area contributed by atoms with E-state index in [9.17, 15) is 4.79 Å². The average molecular weight is 229 g/mol. The third-order valence-corrected chi connectivity index (χ3v) is 2.93. The molecule has 1 heterocycles. The van der Waals surface area contributed by atoms with Gasteiger partial charge >= 0.3 is 5.97 Å². The summed E-state index contributed by atoms with van der Waals surface area (Å²) in [6.07, 6.45) is 0. The number of rotatable bonds is 2. The average Bonchev–Trinajstić information content (AvgIpc) is 2.28. The molecule has 0 atom stereocenters. The Hall–Kier alpha value is -1.90. The maximum Gasteiger partial charge on any atom is 0.354 e. The summed E-state index contributed by atoms with van der Waals surface area (Å²) in [4.78, 5) is 15.0. The molecule has 0 saturated carbocycles. The second kappa shape index (κ2) is 4.17. The highest BCUT2D eigenvalue weighted by Crippen LogP contribution is 2.23. The topological polar surface area (TPSA) is 50.2 Å². The minimum atomic E-state index is -0.983. The zero-order valence-corrected chi connectivity index (χ0v) is 10.2. The molecule has 0 spiro atoms. The van der Waals surface area contributed by atoms with Crippen LogP contribution in [0.5, 0.6) is 0 Å². The van der Waals surface area contributed by atoms with Gasteiger partial charge in [0.25, 0.3) is 0 Å². The van der Waals surface area contributed by atoms with Crippen LogP contribution in [0.4, 0.5) is 0 Å². The normalized spacial score (nSPS) is 11.1. The highest BCUT2D eigenvalue weighted by atomic mass is 16.4.